The van der Waals surface area contributed by atoms with Gasteiger partial charge in [-0.25, -0.2) is 0 Å². The number of halogens is 3. The van der Waals surface area contributed by atoms with Crippen molar-refractivity contribution in [1.29, 1.82) is 0 Å². The Bertz CT molecular complexity index is 488. The molecule has 1 aromatic rings. The van der Waals surface area contributed by atoms with Gasteiger partial charge in [0.25, 0.3) is 5.91 Å². The predicted octanol–water partition coefficient (Wildman–Crippen LogP) is 2.57. The Labute approximate surface area is 114 Å². The highest BCUT2D eigenvalue weighted by atomic mass is 19.4. The summed E-state index contributed by atoms with van der Waals surface area (Å²) in [7, 11) is 0. The van der Waals surface area contributed by atoms with Gasteiger partial charge in [-0.05, 0) is 11.6 Å². The average molecular weight is 285 g/mol. The number of hydrogen-bond acceptors (Lipinski definition) is 2. The molecule has 1 atom stereocenters. The Morgan fingerprint density at radius 3 is 2.75 bits per heavy atom. The molecule has 0 radical (unpaired) electrons. The van der Waals surface area contributed by atoms with Gasteiger partial charge >= 0.3 is 6.18 Å². The number of benzene rings is 1. The van der Waals surface area contributed by atoms with E-state index in [0.29, 0.717) is 17.1 Å². The second-order valence-corrected chi connectivity index (χ2v) is 4.54. The first kappa shape index (κ1) is 14.4. The van der Waals surface area contributed by atoms with Gasteiger partial charge in [0, 0.05) is 13.0 Å². The molecule has 0 spiro atoms. The number of fused-ring (bicyclic) bond motifs is 1. The van der Waals surface area contributed by atoms with Crippen molar-refractivity contribution in [2.75, 3.05) is 13.1 Å². The van der Waals surface area contributed by atoms with Crippen molar-refractivity contribution in [3.05, 3.63) is 42.5 Å². The Morgan fingerprint density at radius 2 is 2.15 bits per heavy atom. The van der Waals surface area contributed by atoms with Crippen LogP contribution in [-0.2, 0) is 11.2 Å². The summed E-state index contributed by atoms with van der Waals surface area (Å²) in [5.41, 5.74) is 0.830. The molecule has 3 nitrogen and oxygen atoms in total. The molecule has 0 N–H and O–H groups in total. The number of nitrogens with zero attached hydrogens (tertiary/aromatic N) is 1. The van der Waals surface area contributed by atoms with E-state index in [-0.39, 0.29) is 6.54 Å². The zero-order valence-corrected chi connectivity index (χ0v) is 10.7. The predicted molar refractivity (Wildman–Crippen MR) is 67.4 cm³/mol. The molecular formula is C14H14F3NO2. The molecule has 0 unspecified atom stereocenters. The molecule has 0 fully saturated rings. The number of para-hydroxylation sites is 1. The maximum Gasteiger partial charge on any atom is 0.406 e. The second-order valence-electron chi connectivity index (χ2n) is 4.54. The van der Waals surface area contributed by atoms with Crippen molar-refractivity contribution in [2.24, 2.45) is 0 Å². The van der Waals surface area contributed by atoms with Crippen molar-refractivity contribution < 1.29 is 22.7 Å². The molecule has 0 aromatic heterocycles. The minimum atomic E-state index is -4.44. The first-order valence-corrected chi connectivity index (χ1v) is 6.11. The molecule has 1 aliphatic heterocycles. The van der Waals surface area contributed by atoms with E-state index in [9.17, 15) is 18.0 Å². The van der Waals surface area contributed by atoms with Crippen LogP contribution in [0.1, 0.15) is 5.56 Å². The maximum atomic E-state index is 12.5. The van der Waals surface area contributed by atoms with E-state index >= 15 is 0 Å². The summed E-state index contributed by atoms with van der Waals surface area (Å²) in [5, 5.41) is 0. The topological polar surface area (TPSA) is 29.5 Å². The van der Waals surface area contributed by atoms with Gasteiger partial charge < -0.3 is 9.64 Å². The zero-order valence-electron chi connectivity index (χ0n) is 10.7. The summed E-state index contributed by atoms with van der Waals surface area (Å²) in [6, 6.07) is 7.05. The molecule has 1 heterocycles. The van der Waals surface area contributed by atoms with Crippen LogP contribution >= 0.6 is 0 Å². The first-order chi connectivity index (χ1) is 9.40. The van der Waals surface area contributed by atoms with Crippen LogP contribution in [-0.4, -0.2) is 36.2 Å². The molecule has 6 heteroatoms. The maximum absolute atomic E-state index is 12.5. The number of hydrogen-bond donors (Lipinski definition) is 0. The number of rotatable bonds is 4. The van der Waals surface area contributed by atoms with Gasteiger partial charge in [-0.3, -0.25) is 4.79 Å². The molecule has 0 aliphatic carbocycles. The summed E-state index contributed by atoms with van der Waals surface area (Å²) in [4.78, 5) is 12.8. The van der Waals surface area contributed by atoms with Gasteiger partial charge in [-0.2, -0.15) is 13.2 Å². The summed E-state index contributed by atoms with van der Waals surface area (Å²) in [6.45, 7) is 1.92. The summed E-state index contributed by atoms with van der Waals surface area (Å²) in [6.07, 6.45) is -3.77. The van der Waals surface area contributed by atoms with Crippen LogP contribution in [0.25, 0.3) is 0 Å². The van der Waals surface area contributed by atoms with Gasteiger partial charge in [0.1, 0.15) is 12.3 Å². The molecule has 2 rings (SSSR count). The van der Waals surface area contributed by atoms with Crippen molar-refractivity contribution in [2.45, 2.75) is 18.7 Å². The van der Waals surface area contributed by atoms with E-state index < -0.39 is 24.7 Å². The van der Waals surface area contributed by atoms with E-state index in [0.717, 1.165) is 5.56 Å². The number of ether oxygens (including phenoxy) is 1. The van der Waals surface area contributed by atoms with Crippen molar-refractivity contribution in [3.8, 4) is 5.75 Å². The third-order valence-corrected chi connectivity index (χ3v) is 2.95. The highest BCUT2D eigenvalue weighted by Gasteiger charge is 2.37. The molecule has 1 aliphatic rings. The zero-order chi connectivity index (χ0) is 14.8. The lowest BCUT2D eigenvalue weighted by Crippen LogP contribution is -2.45. The monoisotopic (exact) mass is 285 g/mol. The van der Waals surface area contributed by atoms with Crippen molar-refractivity contribution >= 4 is 5.91 Å². The fraction of sp³-hybridized carbons (Fsp3) is 0.357. The Kier molecular flexibility index (Phi) is 4.01. The van der Waals surface area contributed by atoms with Crippen LogP contribution in [0.3, 0.4) is 0 Å². The molecule has 108 valence electrons. The van der Waals surface area contributed by atoms with Crippen LogP contribution in [0.15, 0.2) is 36.9 Å². The Morgan fingerprint density at radius 1 is 1.45 bits per heavy atom. The normalized spacial score (nSPS) is 17.2. The second kappa shape index (κ2) is 5.56. The van der Waals surface area contributed by atoms with Crippen LogP contribution in [0, 0.1) is 0 Å². The summed E-state index contributed by atoms with van der Waals surface area (Å²) < 4.78 is 42.8. The fourth-order valence-electron chi connectivity index (χ4n) is 2.13. The Balaban J connectivity index is 2.08. The smallest absolute Gasteiger partial charge is 0.406 e. The standard InChI is InChI=1S/C14H14F3NO2/c1-2-7-18(9-14(15,16)17)13(19)12-8-10-5-3-4-6-11(10)20-12/h2-6,12H,1,7-9H2/t12-/m0/s1. The van der Waals surface area contributed by atoms with Crippen LogP contribution < -0.4 is 4.74 Å². The molecule has 1 aromatic carbocycles. The van der Waals surface area contributed by atoms with Gasteiger partial charge in [0.2, 0.25) is 0 Å². The number of amides is 1. The molecule has 0 saturated carbocycles. The van der Waals surface area contributed by atoms with Crippen molar-refractivity contribution in [3.63, 3.8) is 0 Å². The molecule has 0 bridgehead atoms. The highest BCUT2D eigenvalue weighted by Crippen LogP contribution is 2.29. The highest BCUT2D eigenvalue weighted by molar-refractivity contribution is 5.82. The van der Waals surface area contributed by atoms with E-state index in [4.69, 9.17) is 4.74 Å². The SMILES string of the molecule is C=CCN(CC(F)(F)F)C(=O)[C@@H]1Cc2ccccc2O1. The first-order valence-electron chi connectivity index (χ1n) is 6.11. The minimum Gasteiger partial charge on any atom is -0.480 e. The summed E-state index contributed by atoms with van der Waals surface area (Å²) in [5.74, 6) is -0.116. The number of carbonyl (C=O) groups excluding carboxylic acids is 1. The summed E-state index contributed by atoms with van der Waals surface area (Å²) >= 11 is 0. The van der Waals surface area contributed by atoms with Crippen LogP contribution in [0.2, 0.25) is 0 Å². The quantitative estimate of drug-likeness (QED) is 0.796. The van der Waals surface area contributed by atoms with Gasteiger partial charge in [0.15, 0.2) is 6.10 Å². The fourth-order valence-corrected chi connectivity index (χ4v) is 2.13. The lowest BCUT2D eigenvalue weighted by atomic mass is 10.1. The lowest BCUT2D eigenvalue weighted by Gasteiger charge is -2.25. The van der Waals surface area contributed by atoms with E-state index in [2.05, 4.69) is 6.58 Å². The third kappa shape index (κ3) is 3.31. The van der Waals surface area contributed by atoms with E-state index in [1.54, 1.807) is 24.3 Å². The molecule has 1 amide bonds. The lowest BCUT2D eigenvalue weighted by molar-refractivity contribution is -0.163. The third-order valence-electron chi connectivity index (χ3n) is 2.95. The van der Waals surface area contributed by atoms with Gasteiger partial charge in [-0.15, -0.1) is 6.58 Å². The number of carbonyl (C=O) groups is 1. The van der Waals surface area contributed by atoms with Gasteiger partial charge in [0.05, 0.1) is 0 Å². The molecule has 0 saturated heterocycles. The Hall–Kier alpha value is -1.98. The van der Waals surface area contributed by atoms with Gasteiger partial charge in [-0.1, -0.05) is 24.3 Å². The van der Waals surface area contributed by atoms with E-state index in [1.165, 1.54) is 6.08 Å². The molecular weight excluding hydrogens is 271 g/mol. The van der Waals surface area contributed by atoms with E-state index in [1.807, 2.05) is 0 Å². The van der Waals surface area contributed by atoms with Crippen LogP contribution in [0.4, 0.5) is 13.2 Å². The van der Waals surface area contributed by atoms with Crippen LogP contribution in [0.5, 0.6) is 5.75 Å². The largest absolute Gasteiger partial charge is 0.480 e. The number of alkyl halides is 3. The average Bonchev–Trinajstić information content (AvgIpc) is 2.79. The van der Waals surface area contributed by atoms with Crippen molar-refractivity contribution in [1.82, 2.24) is 4.90 Å². The molecule has 20 heavy (non-hydrogen) atoms. The minimum absolute atomic E-state index is 0.158.